The van der Waals surface area contributed by atoms with E-state index in [1.54, 1.807) is 0 Å². The van der Waals surface area contributed by atoms with Crippen LogP contribution in [0.4, 0.5) is 5.95 Å². The zero-order valence-electron chi connectivity index (χ0n) is 14.1. The Kier molecular flexibility index (Phi) is 5.68. The second-order valence-corrected chi connectivity index (χ2v) is 6.28. The Morgan fingerprint density at radius 2 is 2.14 bits per heavy atom. The molecule has 4 heteroatoms. The number of anilines is 1. The number of hydrogen-bond acceptors (Lipinski definition) is 3. The Balaban J connectivity index is 2.13. The Morgan fingerprint density at radius 1 is 1.38 bits per heavy atom. The molecule has 2 rings (SSSR count). The predicted octanol–water partition coefficient (Wildman–Crippen LogP) is 4.31. The summed E-state index contributed by atoms with van der Waals surface area (Å²) in [5, 5.41) is 3.51. The summed E-state index contributed by atoms with van der Waals surface area (Å²) in [4.78, 5) is 4.67. The van der Waals surface area contributed by atoms with Gasteiger partial charge in [0, 0.05) is 25.4 Å². The van der Waals surface area contributed by atoms with Gasteiger partial charge in [-0.1, -0.05) is 27.2 Å². The first kappa shape index (κ1) is 16.3. The van der Waals surface area contributed by atoms with Crippen LogP contribution in [0.25, 0.3) is 0 Å². The second kappa shape index (κ2) is 7.30. The van der Waals surface area contributed by atoms with Crippen molar-refractivity contribution in [3.8, 4) is 0 Å². The molecular formula is C17H31N3O. The van der Waals surface area contributed by atoms with Crippen molar-refractivity contribution in [2.75, 3.05) is 18.5 Å². The average Bonchev–Trinajstić information content (AvgIpc) is 2.88. The average molecular weight is 293 g/mol. The topological polar surface area (TPSA) is 39.1 Å². The van der Waals surface area contributed by atoms with Crippen molar-refractivity contribution in [1.82, 2.24) is 9.55 Å². The monoisotopic (exact) mass is 293 g/mol. The van der Waals surface area contributed by atoms with E-state index < -0.39 is 0 Å². The fourth-order valence-electron chi connectivity index (χ4n) is 3.28. The highest BCUT2D eigenvalue weighted by molar-refractivity contribution is 5.29. The summed E-state index contributed by atoms with van der Waals surface area (Å²) in [6, 6.07) is 0.504. The molecule has 0 saturated carbocycles. The van der Waals surface area contributed by atoms with E-state index >= 15 is 0 Å². The van der Waals surface area contributed by atoms with Crippen LogP contribution < -0.4 is 5.32 Å². The van der Waals surface area contributed by atoms with Gasteiger partial charge in [0.1, 0.15) is 0 Å². The first-order chi connectivity index (χ1) is 10.1. The van der Waals surface area contributed by atoms with E-state index in [1.165, 1.54) is 12.8 Å². The first-order valence-electron chi connectivity index (χ1n) is 8.57. The van der Waals surface area contributed by atoms with Crippen molar-refractivity contribution >= 4 is 5.95 Å². The van der Waals surface area contributed by atoms with E-state index in [4.69, 9.17) is 4.74 Å². The molecule has 1 saturated heterocycles. The molecule has 1 unspecified atom stereocenters. The fourth-order valence-corrected chi connectivity index (χ4v) is 3.28. The van der Waals surface area contributed by atoms with Crippen molar-refractivity contribution < 1.29 is 4.74 Å². The largest absolute Gasteiger partial charge is 0.375 e. The van der Waals surface area contributed by atoms with E-state index in [2.05, 4.69) is 48.8 Å². The zero-order chi connectivity index (χ0) is 15.3. The molecule has 4 nitrogen and oxygen atoms in total. The normalized spacial score (nSPS) is 21.4. The summed E-state index contributed by atoms with van der Waals surface area (Å²) in [7, 11) is 0. The van der Waals surface area contributed by atoms with Gasteiger partial charge in [0.05, 0.1) is 11.3 Å². The van der Waals surface area contributed by atoms with Gasteiger partial charge in [-0.3, -0.25) is 0 Å². The molecule has 0 aliphatic carbocycles. The van der Waals surface area contributed by atoms with Gasteiger partial charge in [-0.2, -0.15) is 0 Å². The van der Waals surface area contributed by atoms with Crippen LogP contribution in [0.5, 0.6) is 0 Å². The minimum absolute atomic E-state index is 0.0573. The molecule has 1 fully saturated rings. The summed E-state index contributed by atoms with van der Waals surface area (Å²) in [5.74, 6) is 1.04. The number of aryl methyl sites for hydroxylation is 1. The number of hydrogen-bond donors (Lipinski definition) is 1. The standard InChI is InChI=1S/C17H31N3O/c1-5-8-10-18-16-19-14(4)13-20(16)15-9-11-21-17(6-2,7-3)12-15/h13,15H,5-12H2,1-4H3,(H,18,19). The van der Waals surface area contributed by atoms with Crippen LogP contribution >= 0.6 is 0 Å². The van der Waals surface area contributed by atoms with Crippen molar-refractivity contribution in [3.05, 3.63) is 11.9 Å². The van der Waals surface area contributed by atoms with Gasteiger partial charge in [-0.25, -0.2) is 4.98 Å². The molecule has 1 aromatic rings. The molecule has 0 aromatic carbocycles. The maximum absolute atomic E-state index is 6.11. The lowest BCUT2D eigenvalue weighted by molar-refractivity contribution is -0.0984. The minimum Gasteiger partial charge on any atom is -0.375 e. The zero-order valence-corrected chi connectivity index (χ0v) is 14.1. The Morgan fingerprint density at radius 3 is 2.81 bits per heavy atom. The van der Waals surface area contributed by atoms with Crippen molar-refractivity contribution in [3.63, 3.8) is 0 Å². The van der Waals surface area contributed by atoms with Gasteiger partial charge in [0.15, 0.2) is 0 Å². The van der Waals surface area contributed by atoms with Crippen LogP contribution in [0.15, 0.2) is 6.20 Å². The third kappa shape index (κ3) is 3.79. The van der Waals surface area contributed by atoms with Crippen molar-refractivity contribution in [2.24, 2.45) is 0 Å². The maximum atomic E-state index is 6.11. The summed E-state index contributed by atoms with van der Waals surface area (Å²) in [6.07, 6.45) is 8.95. The number of nitrogens with one attached hydrogen (secondary N) is 1. The molecule has 0 bridgehead atoms. The van der Waals surface area contributed by atoms with Gasteiger partial charge < -0.3 is 14.6 Å². The summed E-state index contributed by atoms with van der Waals surface area (Å²) in [5.41, 5.74) is 1.15. The molecular weight excluding hydrogens is 262 g/mol. The molecule has 1 N–H and O–H groups in total. The second-order valence-electron chi connectivity index (χ2n) is 6.28. The number of unbranched alkanes of at least 4 members (excludes halogenated alkanes) is 1. The van der Waals surface area contributed by atoms with E-state index in [0.29, 0.717) is 6.04 Å². The summed E-state index contributed by atoms with van der Waals surface area (Å²) >= 11 is 0. The highest BCUT2D eigenvalue weighted by Gasteiger charge is 2.35. The van der Waals surface area contributed by atoms with Gasteiger partial charge in [0.2, 0.25) is 5.95 Å². The van der Waals surface area contributed by atoms with Crippen LogP contribution in [-0.2, 0) is 4.74 Å². The maximum Gasteiger partial charge on any atom is 0.203 e. The third-order valence-corrected chi connectivity index (χ3v) is 4.82. The Bertz CT molecular complexity index is 437. The molecule has 21 heavy (non-hydrogen) atoms. The van der Waals surface area contributed by atoms with Gasteiger partial charge in [0.25, 0.3) is 0 Å². The smallest absolute Gasteiger partial charge is 0.203 e. The first-order valence-corrected chi connectivity index (χ1v) is 8.57. The van der Waals surface area contributed by atoms with Crippen molar-refractivity contribution in [1.29, 1.82) is 0 Å². The van der Waals surface area contributed by atoms with E-state index in [-0.39, 0.29) is 5.60 Å². The summed E-state index contributed by atoms with van der Waals surface area (Å²) < 4.78 is 8.46. The van der Waals surface area contributed by atoms with E-state index in [9.17, 15) is 0 Å². The molecule has 1 aliphatic rings. The lowest BCUT2D eigenvalue weighted by Gasteiger charge is -2.40. The predicted molar refractivity (Wildman–Crippen MR) is 87.9 cm³/mol. The quantitative estimate of drug-likeness (QED) is 0.761. The number of rotatable bonds is 7. The van der Waals surface area contributed by atoms with E-state index in [1.807, 2.05) is 0 Å². The molecule has 0 amide bonds. The lowest BCUT2D eigenvalue weighted by atomic mass is 9.86. The molecule has 2 heterocycles. The molecule has 0 radical (unpaired) electrons. The number of aromatic nitrogens is 2. The highest BCUT2D eigenvalue weighted by atomic mass is 16.5. The minimum atomic E-state index is 0.0573. The highest BCUT2D eigenvalue weighted by Crippen LogP contribution is 2.38. The van der Waals surface area contributed by atoms with Gasteiger partial charge >= 0.3 is 0 Å². The number of nitrogens with zero attached hydrogens (tertiary/aromatic N) is 2. The van der Waals surface area contributed by atoms with Crippen LogP contribution in [0.1, 0.15) is 71.0 Å². The molecule has 1 atom stereocenters. The fraction of sp³-hybridized carbons (Fsp3) is 0.824. The van der Waals surface area contributed by atoms with Crippen LogP contribution in [0.2, 0.25) is 0 Å². The molecule has 120 valence electrons. The lowest BCUT2D eigenvalue weighted by Crippen LogP contribution is -2.39. The van der Waals surface area contributed by atoms with Crippen molar-refractivity contribution in [2.45, 2.75) is 77.9 Å². The number of ether oxygens (including phenoxy) is 1. The van der Waals surface area contributed by atoms with Crippen LogP contribution in [-0.4, -0.2) is 28.3 Å². The Labute approximate surface area is 129 Å². The summed E-state index contributed by atoms with van der Waals surface area (Å²) in [6.45, 7) is 10.6. The van der Waals surface area contributed by atoms with Crippen LogP contribution in [0.3, 0.4) is 0 Å². The third-order valence-electron chi connectivity index (χ3n) is 4.82. The van der Waals surface area contributed by atoms with Gasteiger partial charge in [-0.15, -0.1) is 0 Å². The van der Waals surface area contributed by atoms with Crippen LogP contribution in [0, 0.1) is 6.92 Å². The SMILES string of the molecule is CCCCNc1nc(C)cn1C1CCOC(CC)(CC)C1. The van der Waals surface area contributed by atoms with Gasteiger partial charge in [-0.05, 0) is 39.0 Å². The molecule has 0 spiro atoms. The molecule has 1 aliphatic heterocycles. The molecule has 1 aromatic heterocycles. The number of imidazole rings is 1. The van der Waals surface area contributed by atoms with E-state index in [0.717, 1.165) is 50.5 Å². The Hall–Kier alpha value is -1.03.